The van der Waals surface area contributed by atoms with Gasteiger partial charge in [-0.1, -0.05) is 0 Å². The maximum Gasteiger partial charge on any atom is 0.303 e. The van der Waals surface area contributed by atoms with Crippen LogP contribution in [0.3, 0.4) is 0 Å². The van der Waals surface area contributed by atoms with Gasteiger partial charge in [-0.25, -0.2) is 0 Å². The van der Waals surface area contributed by atoms with Gasteiger partial charge in [-0.2, -0.15) is 5.26 Å². The Labute approximate surface area is 132 Å². The normalized spacial score (nSPS) is 16.1. The quantitative estimate of drug-likeness (QED) is 0.785. The van der Waals surface area contributed by atoms with Crippen molar-refractivity contribution in [3.63, 3.8) is 0 Å². The average molecular weight is 317 g/mol. The monoisotopic (exact) mass is 317 g/mol. The Hall–Kier alpha value is -3.08. The fraction of sp³-hybridized carbons (Fsp3) is 0.333. The van der Waals surface area contributed by atoms with Crippen LogP contribution in [0, 0.1) is 11.3 Å². The lowest BCUT2D eigenvalue weighted by Crippen LogP contribution is -2.44. The van der Waals surface area contributed by atoms with E-state index in [4.69, 9.17) is 15.1 Å². The number of carboxylic acids is 1. The Kier molecular flexibility index (Phi) is 4.81. The van der Waals surface area contributed by atoms with Crippen molar-refractivity contribution in [1.29, 1.82) is 5.26 Å². The van der Waals surface area contributed by atoms with Crippen LogP contribution in [0.15, 0.2) is 18.2 Å². The Morgan fingerprint density at radius 3 is 2.83 bits per heavy atom. The van der Waals surface area contributed by atoms with Crippen LogP contribution >= 0.6 is 0 Å². The van der Waals surface area contributed by atoms with Crippen LogP contribution in [0.4, 0.5) is 11.4 Å². The molecule has 8 heteroatoms. The van der Waals surface area contributed by atoms with E-state index in [2.05, 4.69) is 5.32 Å². The van der Waals surface area contributed by atoms with Gasteiger partial charge in [0, 0.05) is 18.2 Å². The summed E-state index contributed by atoms with van der Waals surface area (Å²) in [5.41, 5.74) is 0.885. The molecular formula is C15H15N3O5. The van der Waals surface area contributed by atoms with Gasteiger partial charge in [0.2, 0.25) is 5.91 Å². The summed E-state index contributed by atoms with van der Waals surface area (Å²) in [6.07, 6.45) is -1.12. The SMILES string of the molecule is CC1Oc2cc(NC(=O)CCC(=O)O)ccc2N(CC#N)C1=O. The van der Waals surface area contributed by atoms with E-state index in [1.165, 1.54) is 4.90 Å². The number of carbonyl (C=O) groups excluding carboxylic acids is 2. The zero-order valence-electron chi connectivity index (χ0n) is 12.4. The van der Waals surface area contributed by atoms with Gasteiger partial charge < -0.3 is 15.2 Å². The Bertz CT molecular complexity index is 695. The van der Waals surface area contributed by atoms with E-state index >= 15 is 0 Å². The number of fused-ring (bicyclic) bond motifs is 1. The molecule has 1 aliphatic rings. The zero-order valence-corrected chi connectivity index (χ0v) is 12.4. The molecule has 0 saturated heterocycles. The largest absolute Gasteiger partial charge is 0.481 e. The van der Waals surface area contributed by atoms with Crippen molar-refractivity contribution in [3.05, 3.63) is 18.2 Å². The van der Waals surface area contributed by atoms with Gasteiger partial charge >= 0.3 is 5.97 Å². The van der Waals surface area contributed by atoms with E-state index in [0.29, 0.717) is 17.1 Å². The highest BCUT2D eigenvalue weighted by Crippen LogP contribution is 2.36. The second-order valence-electron chi connectivity index (χ2n) is 4.97. The van der Waals surface area contributed by atoms with Crippen LogP contribution in [-0.2, 0) is 14.4 Å². The highest BCUT2D eigenvalue weighted by Gasteiger charge is 2.31. The number of carboxylic acid groups (broad SMARTS) is 1. The highest BCUT2D eigenvalue weighted by molar-refractivity contribution is 6.01. The van der Waals surface area contributed by atoms with Gasteiger partial charge in [-0.15, -0.1) is 0 Å². The zero-order chi connectivity index (χ0) is 17.0. The fourth-order valence-corrected chi connectivity index (χ4v) is 2.17. The van der Waals surface area contributed by atoms with Gasteiger partial charge in [-0.3, -0.25) is 19.3 Å². The molecule has 0 bridgehead atoms. The summed E-state index contributed by atoms with van der Waals surface area (Å²) >= 11 is 0. The highest BCUT2D eigenvalue weighted by atomic mass is 16.5. The maximum atomic E-state index is 12.0. The van der Waals surface area contributed by atoms with Crippen molar-refractivity contribution < 1.29 is 24.2 Å². The summed E-state index contributed by atoms with van der Waals surface area (Å²) in [6.45, 7) is 1.48. The van der Waals surface area contributed by atoms with Gasteiger partial charge in [-0.05, 0) is 19.1 Å². The van der Waals surface area contributed by atoms with Crippen molar-refractivity contribution in [2.45, 2.75) is 25.9 Å². The molecule has 120 valence electrons. The van der Waals surface area contributed by atoms with Crippen molar-refractivity contribution in [1.82, 2.24) is 0 Å². The van der Waals surface area contributed by atoms with Crippen molar-refractivity contribution >= 4 is 29.2 Å². The third kappa shape index (κ3) is 3.77. The van der Waals surface area contributed by atoms with Crippen LogP contribution in [0.5, 0.6) is 5.75 Å². The smallest absolute Gasteiger partial charge is 0.303 e. The van der Waals surface area contributed by atoms with E-state index in [-0.39, 0.29) is 25.3 Å². The summed E-state index contributed by atoms with van der Waals surface area (Å²) in [7, 11) is 0. The van der Waals surface area contributed by atoms with Crippen LogP contribution in [0.25, 0.3) is 0 Å². The van der Waals surface area contributed by atoms with Crippen molar-refractivity contribution in [2.24, 2.45) is 0 Å². The number of amides is 2. The number of hydrogen-bond acceptors (Lipinski definition) is 5. The van der Waals surface area contributed by atoms with Crippen LogP contribution in [0.1, 0.15) is 19.8 Å². The summed E-state index contributed by atoms with van der Waals surface area (Å²) in [6, 6.07) is 6.61. The van der Waals surface area contributed by atoms with E-state index in [0.717, 1.165) is 0 Å². The molecule has 1 atom stereocenters. The fourth-order valence-electron chi connectivity index (χ4n) is 2.17. The lowest BCUT2D eigenvalue weighted by molar-refractivity contribution is -0.138. The van der Waals surface area contributed by atoms with Crippen LogP contribution < -0.4 is 15.0 Å². The van der Waals surface area contributed by atoms with E-state index < -0.39 is 18.0 Å². The first-order chi connectivity index (χ1) is 10.9. The molecule has 2 amide bonds. The number of hydrogen-bond donors (Lipinski definition) is 2. The lowest BCUT2D eigenvalue weighted by atomic mass is 10.1. The molecule has 23 heavy (non-hydrogen) atoms. The molecule has 0 radical (unpaired) electrons. The number of aliphatic carboxylic acids is 1. The topological polar surface area (TPSA) is 120 Å². The van der Waals surface area contributed by atoms with E-state index in [1.54, 1.807) is 25.1 Å². The molecule has 1 heterocycles. The summed E-state index contributed by atoms with van der Waals surface area (Å²) in [5.74, 6) is -1.41. The van der Waals surface area contributed by atoms with Crippen molar-refractivity contribution in [2.75, 3.05) is 16.8 Å². The molecular weight excluding hydrogens is 302 g/mol. The van der Waals surface area contributed by atoms with E-state index in [1.807, 2.05) is 6.07 Å². The number of rotatable bonds is 5. The molecule has 1 aromatic carbocycles. The molecule has 8 nitrogen and oxygen atoms in total. The third-order valence-corrected chi connectivity index (χ3v) is 3.25. The molecule has 2 N–H and O–H groups in total. The first kappa shape index (κ1) is 16.3. The minimum absolute atomic E-state index is 0.0934. The Morgan fingerprint density at radius 1 is 1.43 bits per heavy atom. The summed E-state index contributed by atoms with van der Waals surface area (Å²) in [4.78, 5) is 35.4. The molecule has 1 aromatic rings. The molecule has 0 fully saturated rings. The van der Waals surface area contributed by atoms with Crippen LogP contribution in [-0.4, -0.2) is 35.5 Å². The first-order valence-electron chi connectivity index (χ1n) is 6.93. The molecule has 0 aromatic heterocycles. The number of nitrogens with zero attached hydrogens (tertiary/aromatic N) is 2. The van der Waals surface area contributed by atoms with Crippen LogP contribution in [0.2, 0.25) is 0 Å². The van der Waals surface area contributed by atoms with Gasteiger partial charge in [0.1, 0.15) is 12.3 Å². The second-order valence-corrected chi connectivity index (χ2v) is 4.97. The summed E-state index contributed by atoms with van der Waals surface area (Å²) < 4.78 is 5.50. The molecule has 2 rings (SSSR count). The van der Waals surface area contributed by atoms with Gasteiger partial charge in [0.25, 0.3) is 5.91 Å². The standard InChI is InChI=1S/C15H15N3O5/c1-9-15(22)18(7-6-16)11-3-2-10(8-12(11)23-9)17-13(19)4-5-14(20)21/h2-3,8-9H,4-5,7H2,1H3,(H,17,19)(H,20,21). The lowest BCUT2D eigenvalue weighted by Gasteiger charge is -2.31. The number of nitrogens with one attached hydrogen (secondary N) is 1. The minimum Gasteiger partial charge on any atom is -0.481 e. The number of benzene rings is 1. The third-order valence-electron chi connectivity index (χ3n) is 3.25. The average Bonchev–Trinajstić information content (AvgIpc) is 2.50. The minimum atomic E-state index is -1.05. The molecule has 1 aliphatic heterocycles. The second kappa shape index (κ2) is 6.79. The van der Waals surface area contributed by atoms with E-state index in [9.17, 15) is 14.4 Å². The number of carbonyl (C=O) groups is 3. The Balaban J connectivity index is 2.17. The number of nitriles is 1. The van der Waals surface area contributed by atoms with Gasteiger partial charge in [0.15, 0.2) is 6.10 Å². The molecule has 0 saturated carbocycles. The predicted molar refractivity (Wildman–Crippen MR) is 80.0 cm³/mol. The first-order valence-corrected chi connectivity index (χ1v) is 6.93. The molecule has 1 unspecified atom stereocenters. The van der Waals surface area contributed by atoms with Crippen molar-refractivity contribution in [3.8, 4) is 11.8 Å². The predicted octanol–water partition coefficient (Wildman–Crippen LogP) is 1.13. The summed E-state index contributed by atoms with van der Waals surface area (Å²) in [5, 5.41) is 20.0. The molecule has 0 aliphatic carbocycles. The maximum absolute atomic E-state index is 12.0. The van der Waals surface area contributed by atoms with Gasteiger partial charge in [0.05, 0.1) is 18.2 Å². The number of anilines is 2. The molecule has 0 spiro atoms. The Morgan fingerprint density at radius 2 is 2.17 bits per heavy atom. The number of ether oxygens (including phenoxy) is 1.